The number of ether oxygens (including phenoxy) is 1. The Balaban J connectivity index is 2.39. The summed E-state index contributed by atoms with van der Waals surface area (Å²) in [5, 5.41) is 8.96. The van der Waals surface area contributed by atoms with E-state index in [4.69, 9.17) is 10.00 Å². The number of nitriles is 1. The highest BCUT2D eigenvalue weighted by atomic mass is 16.5. The fourth-order valence-electron chi connectivity index (χ4n) is 2.37. The molecule has 0 N–H and O–H groups in total. The van der Waals surface area contributed by atoms with Gasteiger partial charge in [-0.05, 0) is 26.7 Å². The van der Waals surface area contributed by atoms with Crippen molar-refractivity contribution in [2.75, 3.05) is 6.61 Å². The van der Waals surface area contributed by atoms with Gasteiger partial charge in [0.1, 0.15) is 11.6 Å². The van der Waals surface area contributed by atoms with Crippen LogP contribution in [0.15, 0.2) is 15.8 Å². The second-order valence-electron chi connectivity index (χ2n) is 4.60. The fraction of sp³-hybridized carbons (Fsp3) is 0.615. The summed E-state index contributed by atoms with van der Waals surface area (Å²) in [7, 11) is 0. The molecule has 1 saturated carbocycles. The van der Waals surface area contributed by atoms with Gasteiger partial charge in [-0.2, -0.15) is 5.26 Å². The minimum Gasteiger partial charge on any atom is -0.378 e. The first-order valence-electron chi connectivity index (χ1n) is 6.50. The van der Waals surface area contributed by atoms with Crippen LogP contribution < -0.4 is 11.2 Å². The lowest BCUT2D eigenvalue weighted by molar-refractivity contribution is -0.0219. The number of hydrogen-bond acceptors (Lipinski definition) is 4. The number of nitrogens with zero attached hydrogens (tertiary/aromatic N) is 3. The van der Waals surface area contributed by atoms with E-state index < -0.39 is 5.56 Å². The Kier molecular flexibility index (Phi) is 3.86. The average molecular weight is 263 g/mol. The molecule has 6 nitrogen and oxygen atoms in total. The van der Waals surface area contributed by atoms with Crippen molar-refractivity contribution in [2.45, 2.75) is 45.4 Å². The van der Waals surface area contributed by atoms with Gasteiger partial charge in [0, 0.05) is 25.4 Å². The van der Waals surface area contributed by atoms with E-state index in [2.05, 4.69) is 0 Å². The zero-order valence-corrected chi connectivity index (χ0v) is 11.1. The van der Waals surface area contributed by atoms with Gasteiger partial charge in [-0.25, -0.2) is 4.79 Å². The van der Waals surface area contributed by atoms with Gasteiger partial charge in [-0.3, -0.25) is 13.9 Å². The Labute approximate surface area is 110 Å². The Morgan fingerprint density at radius 3 is 2.63 bits per heavy atom. The topological polar surface area (TPSA) is 77.0 Å². The van der Waals surface area contributed by atoms with Gasteiger partial charge in [-0.1, -0.05) is 0 Å². The van der Waals surface area contributed by atoms with Gasteiger partial charge in [0.15, 0.2) is 0 Å². The summed E-state index contributed by atoms with van der Waals surface area (Å²) in [6, 6.07) is 1.70. The maximum Gasteiger partial charge on any atom is 0.331 e. The smallest absolute Gasteiger partial charge is 0.331 e. The quantitative estimate of drug-likeness (QED) is 0.798. The van der Waals surface area contributed by atoms with Crippen molar-refractivity contribution in [1.82, 2.24) is 9.13 Å². The van der Waals surface area contributed by atoms with Crippen molar-refractivity contribution in [1.29, 1.82) is 5.26 Å². The average Bonchev–Trinajstić information content (AvgIpc) is 2.36. The van der Waals surface area contributed by atoms with Crippen LogP contribution in [0, 0.1) is 11.3 Å². The van der Waals surface area contributed by atoms with Crippen molar-refractivity contribution in [3.05, 3.63) is 32.6 Å². The molecule has 1 aromatic heterocycles. The highest BCUT2D eigenvalue weighted by Gasteiger charge is 2.33. The Morgan fingerprint density at radius 1 is 1.42 bits per heavy atom. The first kappa shape index (κ1) is 13.6. The highest BCUT2D eigenvalue weighted by Crippen LogP contribution is 2.32. The summed E-state index contributed by atoms with van der Waals surface area (Å²) in [6.45, 7) is 4.79. The molecular formula is C13H17N3O3. The summed E-state index contributed by atoms with van der Waals surface area (Å²) >= 11 is 0. The molecule has 1 fully saturated rings. The third-order valence-corrected chi connectivity index (χ3v) is 3.48. The van der Waals surface area contributed by atoms with E-state index >= 15 is 0 Å². The molecule has 19 heavy (non-hydrogen) atoms. The molecule has 102 valence electrons. The number of aromatic nitrogens is 2. The van der Waals surface area contributed by atoms with E-state index in [9.17, 15) is 9.59 Å². The van der Waals surface area contributed by atoms with Crippen LogP contribution in [-0.2, 0) is 11.3 Å². The summed E-state index contributed by atoms with van der Waals surface area (Å²) in [6.07, 6.45) is 2.75. The van der Waals surface area contributed by atoms with Crippen LogP contribution in [-0.4, -0.2) is 21.8 Å². The van der Waals surface area contributed by atoms with E-state index in [0.717, 1.165) is 0 Å². The van der Waals surface area contributed by atoms with Crippen molar-refractivity contribution >= 4 is 0 Å². The number of aryl methyl sites for hydroxylation is 1. The van der Waals surface area contributed by atoms with Crippen LogP contribution in [0.4, 0.5) is 0 Å². The standard InChI is InChI=1S/C13H17N3O3/c1-3-15-8-9(7-14)12(17)16(13(15)18)10-5-11(6-10)19-4-2/h8,10-11H,3-6H2,1-2H3. The van der Waals surface area contributed by atoms with E-state index in [1.54, 1.807) is 6.92 Å². The first-order chi connectivity index (χ1) is 9.12. The number of rotatable bonds is 4. The van der Waals surface area contributed by atoms with Crippen LogP contribution >= 0.6 is 0 Å². The van der Waals surface area contributed by atoms with Gasteiger partial charge in [0.2, 0.25) is 0 Å². The predicted molar refractivity (Wildman–Crippen MR) is 69.0 cm³/mol. The van der Waals surface area contributed by atoms with Crippen LogP contribution in [0.2, 0.25) is 0 Å². The Hall–Kier alpha value is -1.87. The van der Waals surface area contributed by atoms with Crippen molar-refractivity contribution in [3.63, 3.8) is 0 Å². The molecular weight excluding hydrogens is 246 g/mol. The molecule has 6 heteroatoms. The predicted octanol–water partition coefficient (Wildman–Crippen LogP) is 0.642. The second-order valence-corrected chi connectivity index (χ2v) is 4.60. The van der Waals surface area contributed by atoms with Crippen molar-refractivity contribution < 1.29 is 4.74 Å². The lowest BCUT2D eigenvalue weighted by atomic mass is 9.89. The lowest BCUT2D eigenvalue weighted by Crippen LogP contribution is -2.48. The normalized spacial score (nSPS) is 21.7. The molecule has 0 aliphatic heterocycles. The molecule has 1 heterocycles. The minimum absolute atomic E-state index is 0.0151. The van der Waals surface area contributed by atoms with Crippen molar-refractivity contribution in [3.8, 4) is 6.07 Å². The SMILES string of the molecule is CCOC1CC(n2c(=O)c(C#N)cn(CC)c2=O)C1. The molecule has 0 bridgehead atoms. The van der Waals surface area contributed by atoms with Gasteiger partial charge in [-0.15, -0.1) is 0 Å². The van der Waals surface area contributed by atoms with E-state index in [1.165, 1.54) is 15.3 Å². The molecule has 0 atom stereocenters. The maximum absolute atomic E-state index is 12.2. The Bertz CT molecular complexity index is 617. The van der Waals surface area contributed by atoms with Crippen LogP contribution in [0.1, 0.15) is 38.3 Å². The fourth-order valence-corrected chi connectivity index (χ4v) is 2.37. The highest BCUT2D eigenvalue weighted by molar-refractivity contribution is 5.23. The van der Waals surface area contributed by atoms with Gasteiger partial charge in [0.25, 0.3) is 5.56 Å². The summed E-state index contributed by atoms with van der Waals surface area (Å²) in [4.78, 5) is 24.2. The second kappa shape index (κ2) is 5.41. The Morgan fingerprint density at radius 2 is 2.11 bits per heavy atom. The van der Waals surface area contributed by atoms with E-state index in [0.29, 0.717) is 26.0 Å². The molecule has 0 spiro atoms. The third kappa shape index (κ3) is 2.34. The first-order valence-corrected chi connectivity index (χ1v) is 6.50. The van der Waals surface area contributed by atoms with Crippen LogP contribution in [0.3, 0.4) is 0 Å². The zero-order valence-electron chi connectivity index (χ0n) is 11.1. The monoisotopic (exact) mass is 263 g/mol. The molecule has 0 amide bonds. The van der Waals surface area contributed by atoms with Crippen LogP contribution in [0.5, 0.6) is 0 Å². The molecule has 1 aliphatic carbocycles. The molecule has 0 saturated heterocycles. The number of hydrogen-bond donors (Lipinski definition) is 0. The molecule has 1 aliphatic rings. The molecule has 2 rings (SSSR count). The largest absolute Gasteiger partial charge is 0.378 e. The summed E-state index contributed by atoms with van der Waals surface area (Å²) < 4.78 is 8.04. The maximum atomic E-state index is 12.2. The molecule has 0 radical (unpaired) electrons. The third-order valence-electron chi connectivity index (χ3n) is 3.48. The van der Waals surface area contributed by atoms with Crippen LogP contribution in [0.25, 0.3) is 0 Å². The van der Waals surface area contributed by atoms with E-state index in [1.807, 2.05) is 13.0 Å². The summed E-state index contributed by atoms with van der Waals surface area (Å²) in [5.74, 6) is 0. The van der Waals surface area contributed by atoms with Gasteiger partial charge < -0.3 is 4.74 Å². The molecule has 0 aromatic carbocycles. The summed E-state index contributed by atoms with van der Waals surface area (Å²) in [5.41, 5.74) is -0.815. The van der Waals surface area contributed by atoms with Gasteiger partial charge in [0.05, 0.1) is 6.10 Å². The van der Waals surface area contributed by atoms with Crippen molar-refractivity contribution in [2.24, 2.45) is 0 Å². The molecule has 0 unspecified atom stereocenters. The zero-order chi connectivity index (χ0) is 14.0. The minimum atomic E-state index is -0.489. The molecule has 1 aromatic rings. The van der Waals surface area contributed by atoms with E-state index in [-0.39, 0.29) is 23.4 Å². The lowest BCUT2D eigenvalue weighted by Gasteiger charge is -2.35. The van der Waals surface area contributed by atoms with Gasteiger partial charge >= 0.3 is 5.69 Å².